The van der Waals surface area contributed by atoms with Crippen LogP contribution in [-0.2, 0) is 20.8 Å². The molecule has 2 atom stereocenters. The molecule has 1 aromatic heterocycles. The van der Waals surface area contributed by atoms with Crippen LogP contribution < -0.4 is 20.3 Å². The van der Waals surface area contributed by atoms with E-state index in [4.69, 9.17) is 4.74 Å². The number of anilines is 1. The first kappa shape index (κ1) is 29.5. The molecule has 43 heavy (non-hydrogen) atoms. The fourth-order valence-electron chi connectivity index (χ4n) is 5.18. The quantitative estimate of drug-likeness (QED) is 0.461. The molecule has 1 fully saturated rings. The van der Waals surface area contributed by atoms with E-state index < -0.39 is 23.9 Å². The molecule has 2 N–H and O–H groups in total. The topological polar surface area (TPSA) is 137 Å². The molecule has 1 saturated heterocycles. The Morgan fingerprint density at radius 3 is 2.33 bits per heavy atom. The highest BCUT2D eigenvalue weighted by Crippen LogP contribution is 2.19. The number of ether oxygens (including phenoxy) is 1. The average Bonchev–Trinajstić information content (AvgIpc) is 3.04. The van der Waals surface area contributed by atoms with E-state index in [1.807, 2.05) is 35.2 Å². The van der Waals surface area contributed by atoms with Gasteiger partial charge >= 0.3 is 0 Å². The molecular weight excluding hydrogens is 550 g/mol. The summed E-state index contributed by atoms with van der Waals surface area (Å²) in [5.41, 5.74) is 1.11. The van der Waals surface area contributed by atoms with Gasteiger partial charge in [-0.15, -0.1) is 0 Å². The predicted molar refractivity (Wildman–Crippen MR) is 158 cm³/mol. The number of nitrogens with zero attached hydrogens (tertiary/aromatic N) is 5. The van der Waals surface area contributed by atoms with Crippen molar-refractivity contribution >= 4 is 29.6 Å². The molecule has 12 nitrogen and oxygen atoms in total. The number of nitrogens with one attached hydrogen (secondary N) is 2. The SMILES string of the molecule is CN1CCOc2ccccc2C(=O)N[C@H](C(=O)N2CCN(c3ncccn3)CC2)CC(=O)N[C@H](Cc2ccccc2)C1=O. The maximum absolute atomic E-state index is 13.8. The van der Waals surface area contributed by atoms with Gasteiger partial charge in [0.25, 0.3) is 5.91 Å². The summed E-state index contributed by atoms with van der Waals surface area (Å²) in [6.45, 7) is 2.11. The molecule has 224 valence electrons. The summed E-state index contributed by atoms with van der Waals surface area (Å²) in [6, 6.07) is 15.8. The number of carbonyl (C=O) groups is 4. The second-order valence-electron chi connectivity index (χ2n) is 10.5. The number of amides is 4. The van der Waals surface area contributed by atoms with E-state index in [-0.39, 0.29) is 43.4 Å². The third kappa shape index (κ3) is 7.45. The van der Waals surface area contributed by atoms with Crippen molar-refractivity contribution in [3.05, 3.63) is 84.2 Å². The zero-order chi connectivity index (χ0) is 30.2. The summed E-state index contributed by atoms with van der Waals surface area (Å²) >= 11 is 0. The number of hydrogen-bond donors (Lipinski definition) is 2. The summed E-state index contributed by atoms with van der Waals surface area (Å²) in [6.07, 6.45) is 3.27. The maximum Gasteiger partial charge on any atom is 0.255 e. The molecule has 4 amide bonds. The van der Waals surface area contributed by atoms with Crippen molar-refractivity contribution in [1.82, 2.24) is 30.4 Å². The van der Waals surface area contributed by atoms with Gasteiger partial charge in [-0.05, 0) is 23.8 Å². The molecule has 3 aromatic rings. The maximum atomic E-state index is 13.8. The Morgan fingerprint density at radius 2 is 1.58 bits per heavy atom. The summed E-state index contributed by atoms with van der Waals surface area (Å²) < 4.78 is 5.91. The van der Waals surface area contributed by atoms with E-state index in [1.54, 1.807) is 54.7 Å². The third-order valence-corrected chi connectivity index (χ3v) is 7.53. The van der Waals surface area contributed by atoms with Crippen molar-refractivity contribution in [3.63, 3.8) is 0 Å². The van der Waals surface area contributed by atoms with Crippen LogP contribution in [-0.4, -0.2) is 102 Å². The second-order valence-corrected chi connectivity index (χ2v) is 10.5. The Labute approximate surface area is 250 Å². The Kier molecular flexibility index (Phi) is 9.45. The number of fused-ring (bicyclic) bond motifs is 1. The fraction of sp³-hybridized carbons (Fsp3) is 0.355. The first-order valence-corrected chi connectivity index (χ1v) is 14.3. The van der Waals surface area contributed by atoms with Crippen molar-refractivity contribution in [2.45, 2.75) is 24.9 Å². The van der Waals surface area contributed by atoms with Crippen molar-refractivity contribution < 1.29 is 23.9 Å². The zero-order valence-corrected chi connectivity index (χ0v) is 24.0. The molecule has 5 rings (SSSR count). The molecule has 2 aromatic carbocycles. The van der Waals surface area contributed by atoms with Gasteiger partial charge in [0.05, 0.1) is 18.5 Å². The molecule has 0 spiro atoms. The van der Waals surface area contributed by atoms with Crippen LogP contribution in [0.3, 0.4) is 0 Å². The van der Waals surface area contributed by atoms with E-state index in [0.717, 1.165) is 5.56 Å². The molecule has 2 aliphatic rings. The van der Waals surface area contributed by atoms with E-state index >= 15 is 0 Å². The Bertz CT molecular complexity index is 1430. The van der Waals surface area contributed by atoms with Crippen LogP contribution >= 0.6 is 0 Å². The molecule has 0 aliphatic carbocycles. The van der Waals surface area contributed by atoms with Crippen LogP contribution in [0, 0.1) is 0 Å². The summed E-state index contributed by atoms with van der Waals surface area (Å²) in [5, 5.41) is 5.61. The van der Waals surface area contributed by atoms with E-state index in [0.29, 0.717) is 37.9 Å². The minimum atomic E-state index is -1.16. The van der Waals surface area contributed by atoms with Gasteiger partial charge in [-0.3, -0.25) is 19.2 Å². The molecule has 0 unspecified atom stereocenters. The number of rotatable bonds is 4. The number of carbonyl (C=O) groups excluding carboxylic acids is 4. The summed E-state index contributed by atoms with van der Waals surface area (Å²) in [7, 11) is 1.65. The third-order valence-electron chi connectivity index (χ3n) is 7.53. The lowest BCUT2D eigenvalue weighted by molar-refractivity contribution is -0.138. The minimum Gasteiger partial charge on any atom is -0.491 e. The van der Waals surface area contributed by atoms with E-state index in [1.165, 1.54) is 4.90 Å². The van der Waals surface area contributed by atoms with Crippen LogP contribution in [0.25, 0.3) is 0 Å². The normalized spacial score (nSPS) is 20.3. The summed E-state index contributed by atoms with van der Waals surface area (Å²) in [5.74, 6) is -0.801. The van der Waals surface area contributed by atoms with Gasteiger partial charge in [-0.2, -0.15) is 0 Å². The van der Waals surface area contributed by atoms with Crippen LogP contribution in [0.15, 0.2) is 73.1 Å². The number of benzene rings is 2. The predicted octanol–water partition coefficient (Wildman–Crippen LogP) is 0.892. The smallest absolute Gasteiger partial charge is 0.255 e. The van der Waals surface area contributed by atoms with Crippen LogP contribution in [0.1, 0.15) is 22.3 Å². The van der Waals surface area contributed by atoms with Gasteiger partial charge in [-0.1, -0.05) is 42.5 Å². The van der Waals surface area contributed by atoms with Gasteiger partial charge in [0.15, 0.2) is 0 Å². The molecule has 0 radical (unpaired) electrons. The molecule has 12 heteroatoms. The Morgan fingerprint density at radius 1 is 0.884 bits per heavy atom. The summed E-state index contributed by atoms with van der Waals surface area (Å²) in [4.78, 5) is 67.8. The van der Waals surface area contributed by atoms with Crippen LogP contribution in [0.5, 0.6) is 5.75 Å². The molecule has 3 heterocycles. The highest BCUT2D eigenvalue weighted by Gasteiger charge is 2.33. The number of likely N-dealkylation sites (N-methyl/N-ethyl adjacent to an activating group) is 1. The average molecular weight is 586 g/mol. The van der Waals surface area contributed by atoms with E-state index in [9.17, 15) is 19.2 Å². The van der Waals surface area contributed by atoms with Crippen molar-refractivity contribution in [1.29, 1.82) is 0 Å². The monoisotopic (exact) mass is 585 g/mol. The number of para-hydroxylation sites is 1. The Hall–Kier alpha value is -5.00. The van der Waals surface area contributed by atoms with Gasteiger partial charge in [0.2, 0.25) is 23.7 Å². The molecule has 0 bridgehead atoms. The minimum absolute atomic E-state index is 0.135. The van der Waals surface area contributed by atoms with Crippen LogP contribution in [0.4, 0.5) is 5.95 Å². The van der Waals surface area contributed by atoms with Crippen LogP contribution in [0.2, 0.25) is 0 Å². The van der Waals surface area contributed by atoms with Crippen molar-refractivity contribution in [2.75, 3.05) is 51.3 Å². The van der Waals surface area contributed by atoms with Gasteiger partial charge < -0.3 is 30.1 Å². The molecule has 2 aliphatic heterocycles. The number of piperazine rings is 1. The lowest BCUT2D eigenvalue weighted by atomic mass is 10.0. The lowest BCUT2D eigenvalue weighted by Gasteiger charge is -2.36. The first-order valence-electron chi connectivity index (χ1n) is 14.3. The van der Waals surface area contributed by atoms with Crippen molar-refractivity contribution in [3.8, 4) is 5.75 Å². The Balaban J connectivity index is 1.38. The van der Waals surface area contributed by atoms with Gasteiger partial charge in [0.1, 0.15) is 24.4 Å². The number of hydrogen-bond acceptors (Lipinski definition) is 8. The van der Waals surface area contributed by atoms with E-state index in [2.05, 4.69) is 20.6 Å². The highest BCUT2D eigenvalue weighted by molar-refractivity contribution is 6.01. The van der Waals surface area contributed by atoms with Gasteiger partial charge in [-0.25, -0.2) is 9.97 Å². The zero-order valence-electron chi connectivity index (χ0n) is 24.0. The lowest BCUT2D eigenvalue weighted by Crippen LogP contribution is -2.57. The standard InChI is InChI=1S/C31H35N7O5/c1-36-18-19-43-26-11-6-5-10-23(26)28(40)35-25(21-27(39)34-24(29(36)41)20-22-8-3-2-4-9-22)30(42)37-14-16-38(17-15-37)31-32-12-7-13-33-31/h2-13,24-25H,14-21H2,1H3,(H,34,39)(H,35,40)/t24-,25+/m1/s1. The van der Waals surface area contributed by atoms with Crippen molar-refractivity contribution in [2.24, 2.45) is 0 Å². The second kappa shape index (κ2) is 13.8. The highest BCUT2D eigenvalue weighted by atomic mass is 16.5. The largest absolute Gasteiger partial charge is 0.491 e. The van der Waals surface area contributed by atoms with Gasteiger partial charge in [0, 0.05) is 52.0 Å². The number of aromatic nitrogens is 2. The molecular formula is C31H35N7O5. The molecule has 0 saturated carbocycles. The first-order chi connectivity index (χ1) is 20.9. The fourth-order valence-corrected chi connectivity index (χ4v) is 5.18.